The Hall–Kier alpha value is -3.90. The van der Waals surface area contributed by atoms with Gasteiger partial charge in [0.25, 0.3) is 0 Å². The van der Waals surface area contributed by atoms with Gasteiger partial charge in [0.1, 0.15) is 0 Å². The van der Waals surface area contributed by atoms with Crippen LogP contribution in [0.15, 0.2) is 50.8 Å². The largest absolute Gasteiger partial charge is 0.336 e. The summed E-state index contributed by atoms with van der Waals surface area (Å²) in [6, 6.07) is 5.20. The number of hydrogen-bond acceptors (Lipinski definition) is 6. The van der Waals surface area contributed by atoms with Crippen LogP contribution >= 0.6 is 0 Å². The van der Waals surface area contributed by atoms with Gasteiger partial charge in [0.15, 0.2) is 0 Å². The summed E-state index contributed by atoms with van der Waals surface area (Å²) >= 11 is 0. The highest BCUT2D eigenvalue weighted by molar-refractivity contribution is 5.04. The van der Waals surface area contributed by atoms with Crippen LogP contribution in [0.25, 0.3) is 0 Å². The van der Waals surface area contributed by atoms with Crippen LogP contribution in [0.2, 0.25) is 0 Å². The topological polar surface area (TPSA) is 137 Å². The Kier molecular flexibility index (Phi) is 6.95. The average molecular weight is 324 g/mol. The van der Waals surface area contributed by atoms with Crippen molar-refractivity contribution >= 4 is 0 Å². The first-order chi connectivity index (χ1) is 11.6. The van der Waals surface area contributed by atoms with Gasteiger partial charge >= 0.3 is 17.1 Å². The molecule has 1 aromatic rings. The molecule has 0 unspecified atom stereocenters. The first-order valence-corrected chi connectivity index (χ1v) is 6.66. The number of nitrogens with zero attached hydrogens (tertiary/aromatic N) is 6. The molecule has 120 valence electrons. The minimum Gasteiger partial charge on any atom is -0.247 e. The molecule has 24 heavy (non-hydrogen) atoms. The summed E-state index contributed by atoms with van der Waals surface area (Å²) < 4.78 is 2.36. The predicted molar refractivity (Wildman–Crippen MR) is 83.5 cm³/mol. The van der Waals surface area contributed by atoms with Gasteiger partial charge in [-0.25, -0.2) is 28.1 Å². The van der Waals surface area contributed by atoms with Crippen LogP contribution in [0.4, 0.5) is 0 Å². The number of nitriles is 3. The van der Waals surface area contributed by atoms with Crippen molar-refractivity contribution in [3.05, 3.63) is 67.9 Å². The molecule has 1 aromatic heterocycles. The Morgan fingerprint density at radius 1 is 0.625 bits per heavy atom. The van der Waals surface area contributed by atoms with Crippen LogP contribution in [0, 0.1) is 34.0 Å². The second kappa shape index (κ2) is 9.19. The number of rotatable bonds is 6. The minimum absolute atomic E-state index is 0.185. The van der Waals surface area contributed by atoms with E-state index in [-0.39, 0.29) is 19.6 Å². The van der Waals surface area contributed by atoms with Crippen molar-refractivity contribution in [1.82, 2.24) is 13.7 Å². The highest BCUT2D eigenvalue weighted by Gasteiger charge is 2.13. The van der Waals surface area contributed by atoms with Gasteiger partial charge in [-0.2, -0.15) is 15.8 Å². The molecule has 1 heterocycles. The quantitative estimate of drug-likeness (QED) is 0.641. The lowest BCUT2D eigenvalue weighted by atomic mass is 10.4. The van der Waals surface area contributed by atoms with Gasteiger partial charge in [-0.3, -0.25) is 0 Å². The van der Waals surface area contributed by atoms with Crippen molar-refractivity contribution in [1.29, 1.82) is 15.8 Å². The summed E-state index contributed by atoms with van der Waals surface area (Å²) in [6.45, 7) is -0.555. The molecule has 0 aromatic carbocycles. The van der Waals surface area contributed by atoms with Crippen LogP contribution < -0.4 is 17.1 Å². The Morgan fingerprint density at radius 2 is 0.875 bits per heavy atom. The van der Waals surface area contributed by atoms with E-state index in [1.165, 1.54) is 18.2 Å². The fourth-order valence-electron chi connectivity index (χ4n) is 1.78. The van der Waals surface area contributed by atoms with Gasteiger partial charge in [0, 0.05) is 18.2 Å². The van der Waals surface area contributed by atoms with Crippen molar-refractivity contribution < 1.29 is 0 Å². The van der Waals surface area contributed by atoms with E-state index in [2.05, 4.69) is 0 Å². The normalized spacial score (nSPS) is 10.9. The van der Waals surface area contributed by atoms with E-state index in [9.17, 15) is 14.4 Å². The maximum atomic E-state index is 12.3. The molecule has 0 saturated heterocycles. The molecule has 0 radical (unpaired) electrons. The van der Waals surface area contributed by atoms with E-state index in [1.54, 1.807) is 18.2 Å². The van der Waals surface area contributed by atoms with Crippen LogP contribution in [-0.2, 0) is 19.6 Å². The highest BCUT2D eigenvalue weighted by atomic mass is 16.2. The fraction of sp³-hybridized carbons (Fsp3) is 0.200. The van der Waals surface area contributed by atoms with E-state index in [0.29, 0.717) is 0 Å². The Bertz CT molecular complexity index is 824. The lowest BCUT2D eigenvalue weighted by Gasteiger charge is -2.10. The second-order valence-corrected chi connectivity index (χ2v) is 4.27. The zero-order valence-electron chi connectivity index (χ0n) is 12.5. The van der Waals surface area contributed by atoms with Crippen LogP contribution in [0.5, 0.6) is 0 Å². The highest BCUT2D eigenvalue weighted by Crippen LogP contribution is 1.83. The molecule has 0 fully saturated rings. The molecule has 0 saturated carbocycles. The van der Waals surface area contributed by atoms with Gasteiger partial charge in [-0.05, 0) is 0 Å². The van der Waals surface area contributed by atoms with Gasteiger partial charge in [0.05, 0.1) is 37.8 Å². The molecule has 9 nitrogen and oxygen atoms in total. The van der Waals surface area contributed by atoms with Crippen LogP contribution in [-0.4, -0.2) is 13.7 Å². The monoisotopic (exact) mass is 324 g/mol. The summed E-state index contributed by atoms with van der Waals surface area (Å²) in [7, 11) is 0. The SMILES string of the molecule is N#C/C=C/Cn1c(=O)n(C/C=C/C#N)c(=O)n(C/C=C/C#N)c1=O. The van der Waals surface area contributed by atoms with Gasteiger partial charge in [-0.15, -0.1) is 0 Å². The summed E-state index contributed by atoms with van der Waals surface area (Å²) in [4.78, 5) is 36.9. The molecular formula is C15H12N6O3. The molecule has 0 spiro atoms. The molecule has 1 rings (SSSR count). The summed E-state index contributed by atoms with van der Waals surface area (Å²) in [5, 5.41) is 25.4. The van der Waals surface area contributed by atoms with Crippen molar-refractivity contribution in [2.45, 2.75) is 19.6 Å². The third-order valence-electron chi connectivity index (χ3n) is 2.83. The van der Waals surface area contributed by atoms with Crippen molar-refractivity contribution in [2.75, 3.05) is 0 Å². The summed E-state index contributed by atoms with van der Waals surface area (Å²) in [6.07, 6.45) is 7.24. The van der Waals surface area contributed by atoms with Crippen molar-refractivity contribution in [3.8, 4) is 18.2 Å². The predicted octanol–water partition coefficient (Wildman–Crippen LogP) is -0.589. The molecule has 0 aliphatic rings. The Morgan fingerprint density at radius 3 is 1.08 bits per heavy atom. The van der Waals surface area contributed by atoms with E-state index < -0.39 is 17.1 Å². The summed E-state index contributed by atoms with van der Waals surface area (Å²) in [5.74, 6) is 0. The smallest absolute Gasteiger partial charge is 0.247 e. The molecule has 0 atom stereocenters. The maximum absolute atomic E-state index is 12.3. The molecule has 0 bridgehead atoms. The third kappa shape index (κ3) is 4.30. The molecule has 0 aliphatic carbocycles. The zero-order valence-corrected chi connectivity index (χ0v) is 12.5. The molecule has 9 heteroatoms. The lowest BCUT2D eigenvalue weighted by molar-refractivity contribution is 0.501. The molecule has 0 amide bonds. The molecule has 0 N–H and O–H groups in total. The fourth-order valence-corrected chi connectivity index (χ4v) is 1.78. The summed E-state index contributed by atoms with van der Waals surface area (Å²) in [5.41, 5.74) is -2.55. The number of aromatic nitrogens is 3. The van der Waals surface area contributed by atoms with E-state index in [0.717, 1.165) is 31.9 Å². The first-order valence-electron chi connectivity index (χ1n) is 6.66. The first kappa shape index (κ1) is 18.1. The van der Waals surface area contributed by atoms with Crippen molar-refractivity contribution in [3.63, 3.8) is 0 Å². The van der Waals surface area contributed by atoms with E-state index >= 15 is 0 Å². The second-order valence-electron chi connectivity index (χ2n) is 4.27. The number of hydrogen-bond donors (Lipinski definition) is 0. The van der Waals surface area contributed by atoms with Gasteiger partial charge in [0.2, 0.25) is 0 Å². The van der Waals surface area contributed by atoms with Crippen LogP contribution in [0.3, 0.4) is 0 Å². The maximum Gasteiger partial charge on any atom is 0.336 e. The van der Waals surface area contributed by atoms with Gasteiger partial charge < -0.3 is 0 Å². The van der Waals surface area contributed by atoms with Crippen LogP contribution in [0.1, 0.15) is 0 Å². The van der Waals surface area contributed by atoms with E-state index in [4.69, 9.17) is 15.8 Å². The molecular weight excluding hydrogens is 312 g/mol. The lowest BCUT2D eigenvalue weighted by Crippen LogP contribution is -2.54. The Balaban J connectivity index is 3.56. The van der Waals surface area contributed by atoms with E-state index in [1.807, 2.05) is 0 Å². The molecule has 0 aliphatic heterocycles. The standard InChI is InChI=1S/C15H12N6O3/c16-7-1-4-10-19-13(22)20(11-5-2-8-17)15(24)21(14(19)23)12-6-3-9-18/h1-6H,10-12H2/b4-1+,5-2+,6-3+. The zero-order chi connectivity index (χ0) is 17.9. The number of allylic oxidation sites excluding steroid dienone is 6. The minimum atomic E-state index is -0.851. The Labute approximate surface area is 136 Å². The average Bonchev–Trinajstić information content (AvgIpc) is 2.57. The van der Waals surface area contributed by atoms with Gasteiger partial charge in [-0.1, -0.05) is 18.2 Å². The third-order valence-corrected chi connectivity index (χ3v) is 2.83. The van der Waals surface area contributed by atoms with Crippen molar-refractivity contribution in [2.24, 2.45) is 0 Å².